The number of hydrogen-bond donors (Lipinski definition) is 1. The van der Waals surface area contributed by atoms with E-state index >= 15 is 0 Å². The van der Waals surface area contributed by atoms with Gasteiger partial charge in [0.25, 0.3) is 5.91 Å². The van der Waals surface area contributed by atoms with Crippen molar-refractivity contribution in [3.05, 3.63) is 53.9 Å². The molecule has 4 heterocycles. The van der Waals surface area contributed by atoms with Gasteiger partial charge in [-0.15, -0.1) is 0 Å². The van der Waals surface area contributed by atoms with Gasteiger partial charge in [-0.25, -0.2) is 14.4 Å². The van der Waals surface area contributed by atoms with E-state index in [0.29, 0.717) is 34.7 Å². The number of carbonyl (C=O) groups is 1. The lowest BCUT2D eigenvalue weighted by Crippen LogP contribution is -2.45. The van der Waals surface area contributed by atoms with Gasteiger partial charge in [-0.1, -0.05) is 5.16 Å². The average molecular weight is 648 g/mol. The van der Waals surface area contributed by atoms with Gasteiger partial charge in [0.2, 0.25) is 0 Å². The molecule has 2 aliphatic heterocycles. The molecule has 0 unspecified atom stereocenters. The Labute approximate surface area is 278 Å². The lowest BCUT2D eigenvalue weighted by atomic mass is 9.67. The molecule has 47 heavy (non-hydrogen) atoms. The van der Waals surface area contributed by atoms with Crippen LogP contribution in [0.15, 0.2) is 41.3 Å². The van der Waals surface area contributed by atoms with Crippen LogP contribution in [0.25, 0.3) is 0 Å². The fourth-order valence-corrected chi connectivity index (χ4v) is 7.97. The molecule has 10 nitrogen and oxygen atoms in total. The molecule has 11 heteroatoms. The Morgan fingerprint density at radius 3 is 2.49 bits per heavy atom. The van der Waals surface area contributed by atoms with Crippen molar-refractivity contribution in [1.82, 2.24) is 24.9 Å². The van der Waals surface area contributed by atoms with E-state index in [9.17, 15) is 9.18 Å². The summed E-state index contributed by atoms with van der Waals surface area (Å²) in [6.07, 6.45) is 11.7. The van der Waals surface area contributed by atoms with Crippen LogP contribution in [0.5, 0.6) is 11.5 Å². The molecule has 2 aromatic heterocycles. The summed E-state index contributed by atoms with van der Waals surface area (Å²) in [4.78, 5) is 29.1. The van der Waals surface area contributed by atoms with Gasteiger partial charge in [0, 0.05) is 43.8 Å². The van der Waals surface area contributed by atoms with Crippen LogP contribution in [0.3, 0.4) is 0 Å². The number of aryl methyl sites for hydroxylation is 1. The number of likely N-dealkylation sites (tertiary alicyclic amines) is 1. The minimum atomic E-state index is -0.480. The highest BCUT2D eigenvalue weighted by Gasteiger charge is 2.39. The van der Waals surface area contributed by atoms with Gasteiger partial charge >= 0.3 is 0 Å². The number of nitrogens with one attached hydrogen (secondary N) is 1. The van der Waals surface area contributed by atoms with E-state index in [1.54, 1.807) is 11.1 Å². The zero-order valence-corrected chi connectivity index (χ0v) is 28.5. The van der Waals surface area contributed by atoms with E-state index in [4.69, 9.17) is 9.26 Å². The molecule has 0 radical (unpaired) electrons. The smallest absolute Gasteiger partial charge is 0.258 e. The molecule has 1 spiro atoms. The van der Waals surface area contributed by atoms with Gasteiger partial charge in [0.15, 0.2) is 17.4 Å². The first-order valence-corrected chi connectivity index (χ1v) is 17.4. The molecule has 1 atom stereocenters. The molecule has 3 fully saturated rings. The summed E-state index contributed by atoms with van der Waals surface area (Å²) in [5.74, 6) is 2.97. The molecule has 3 aromatic rings. The van der Waals surface area contributed by atoms with Crippen molar-refractivity contribution in [3.8, 4) is 11.5 Å². The molecule has 1 N–H and O–H groups in total. The van der Waals surface area contributed by atoms with E-state index in [1.165, 1.54) is 63.1 Å². The minimum Gasteiger partial charge on any atom is -0.451 e. The van der Waals surface area contributed by atoms with Crippen molar-refractivity contribution in [2.45, 2.75) is 97.7 Å². The molecule has 2 saturated heterocycles. The van der Waals surface area contributed by atoms with Gasteiger partial charge in [-0.05, 0) is 122 Å². The Kier molecular flexibility index (Phi) is 10.0. The number of benzene rings is 1. The summed E-state index contributed by atoms with van der Waals surface area (Å²) in [5.41, 5.74) is 0.671. The Morgan fingerprint density at radius 2 is 1.81 bits per heavy atom. The molecule has 1 aliphatic carbocycles. The third kappa shape index (κ3) is 7.71. The fourth-order valence-electron chi connectivity index (χ4n) is 7.97. The van der Waals surface area contributed by atoms with Crippen LogP contribution in [0.2, 0.25) is 0 Å². The number of piperidine rings is 1. The standard InChI is InChI=1S/C36H50FN7O3/c1-24(2)44(25(3)4)35(45)30-19-28(37)6-7-31(30)46-32-20-38-23-39-34(32)43-15-10-27(22-43)21-42-16-13-36(14-17-42)11-8-29(9-12-36)40-33-18-26(5)47-41-33/h6-7,18-20,23-25,27,29H,8-17,21-22H2,1-5H3,(H,40,41)/t27-/m0/s1. The normalized spacial score (nSPS) is 20.3. The van der Waals surface area contributed by atoms with Gasteiger partial charge in [0.05, 0.1) is 11.8 Å². The van der Waals surface area contributed by atoms with Crippen molar-refractivity contribution >= 4 is 17.5 Å². The summed E-state index contributed by atoms with van der Waals surface area (Å²) in [5, 5.41) is 7.68. The number of carbonyl (C=O) groups excluding carboxylic acids is 1. The first-order chi connectivity index (χ1) is 22.6. The second kappa shape index (κ2) is 14.2. The van der Waals surface area contributed by atoms with Crippen LogP contribution in [-0.4, -0.2) is 81.7 Å². The van der Waals surface area contributed by atoms with Crippen molar-refractivity contribution in [1.29, 1.82) is 0 Å². The van der Waals surface area contributed by atoms with Gasteiger partial charge in [-0.3, -0.25) is 4.79 Å². The van der Waals surface area contributed by atoms with Crippen LogP contribution in [0.4, 0.5) is 16.0 Å². The summed E-state index contributed by atoms with van der Waals surface area (Å²) in [6.45, 7) is 14.9. The Morgan fingerprint density at radius 1 is 1.06 bits per heavy atom. The summed E-state index contributed by atoms with van der Waals surface area (Å²) < 4.78 is 25.9. The highest BCUT2D eigenvalue weighted by molar-refractivity contribution is 5.97. The SMILES string of the molecule is Cc1cc(NC2CCC3(CC2)CCN(C[C@@H]2CCN(c4ncncc4Oc4ccc(F)cc4C(=O)N(C(C)C)C(C)C)C2)CC3)no1. The number of nitrogens with zero attached hydrogens (tertiary/aromatic N) is 6. The molecule has 254 valence electrons. The number of rotatable bonds is 10. The monoisotopic (exact) mass is 647 g/mol. The van der Waals surface area contributed by atoms with Gasteiger partial charge < -0.3 is 29.3 Å². The van der Waals surface area contributed by atoms with Crippen LogP contribution in [0, 0.1) is 24.1 Å². The summed E-state index contributed by atoms with van der Waals surface area (Å²) >= 11 is 0. The Balaban J connectivity index is 1.04. The van der Waals surface area contributed by atoms with Gasteiger partial charge in [-0.2, -0.15) is 0 Å². The third-order valence-corrected chi connectivity index (χ3v) is 10.4. The van der Waals surface area contributed by atoms with E-state index in [2.05, 4.69) is 30.2 Å². The number of anilines is 2. The Hall–Kier alpha value is -3.73. The molecular weight excluding hydrogens is 597 g/mol. The molecule has 3 aliphatic rings. The lowest BCUT2D eigenvalue weighted by Gasteiger charge is -2.46. The maximum absolute atomic E-state index is 14.4. The largest absolute Gasteiger partial charge is 0.451 e. The molecule has 6 rings (SSSR count). The van der Waals surface area contributed by atoms with Crippen molar-refractivity contribution in [2.75, 3.05) is 42.9 Å². The first-order valence-electron chi connectivity index (χ1n) is 17.4. The summed E-state index contributed by atoms with van der Waals surface area (Å²) in [6, 6.07) is 6.46. The van der Waals surface area contributed by atoms with Crippen LogP contribution in [-0.2, 0) is 0 Å². The van der Waals surface area contributed by atoms with Crippen LogP contribution >= 0.6 is 0 Å². The van der Waals surface area contributed by atoms with Crippen LogP contribution in [0.1, 0.15) is 88.8 Å². The molecule has 1 amide bonds. The van der Waals surface area contributed by atoms with E-state index < -0.39 is 5.82 Å². The van der Waals surface area contributed by atoms with E-state index in [1.807, 2.05) is 40.7 Å². The molecule has 0 bridgehead atoms. The zero-order chi connectivity index (χ0) is 33.1. The third-order valence-electron chi connectivity index (χ3n) is 10.4. The van der Waals surface area contributed by atoms with Crippen molar-refractivity contribution < 1.29 is 18.4 Å². The average Bonchev–Trinajstić information content (AvgIpc) is 3.68. The van der Waals surface area contributed by atoms with Crippen molar-refractivity contribution in [2.24, 2.45) is 11.3 Å². The highest BCUT2D eigenvalue weighted by Crippen LogP contribution is 2.45. The van der Waals surface area contributed by atoms with Gasteiger partial charge in [0.1, 0.15) is 23.7 Å². The number of hydrogen-bond acceptors (Lipinski definition) is 9. The highest BCUT2D eigenvalue weighted by atomic mass is 19.1. The topological polar surface area (TPSA) is 99.9 Å². The summed E-state index contributed by atoms with van der Waals surface area (Å²) in [7, 11) is 0. The zero-order valence-electron chi connectivity index (χ0n) is 28.5. The minimum absolute atomic E-state index is 0.0474. The fraction of sp³-hybridized carbons (Fsp3) is 0.611. The molecule has 1 aromatic carbocycles. The predicted octanol–water partition coefficient (Wildman–Crippen LogP) is 6.93. The van der Waals surface area contributed by atoms with E-state index in [0.717, 1.165) is 50.7 Å². The van der Waals surface area contributed by atoms with Crippen LogP contribution < -0.4 is 15.0 Å². The lowest BCUT2D eigenvalue weighted by molar-refractivity contribution is 0.0583. The molecule has 1 saturated carbocycles. The second-order valence-electron chi connectivity index (χ2n) is 14.5. The number of ether oxygens (including phenoxy) is 1. The molecular formula is C36H50FN7O3. The number of halogens is 1. The van der Waals surface area contributed by atoms with Crippen molar-refractivity contribution in [3.63, 3.8) is 0 Å². The van der Waals surface area contributed by atoms with E-state index in [-0.39, 0.29) is 23.6 Å². The number of aromatic nitrogens is 3. The Bertz CT molecular complexity index is 1500. The number of amides is 1. The quantitative estimate of drug-likeness (QED) is 0.251. The maximum Gasteiger partial charge on any atom is 0.258 e. The predicted molar refractivity (Wildman–Crippen MR) is 180 cm³/mol. The second-order valence-corrected chi connectivity index (χ2v) is 14.5. The first kappa shape index (κ1) is 33.2. The maximum atomic E-state index is 14.4.